The topological polar surface area (TPSA) is 71.2 Å². The van der Waals surface area contributed by atoms with Crippen LogP contribution in [0.4, 0.5) is 19.0 Å². The van der Waals surface area contributed by atoms with Crippen molar-refractivity contribution in [1.29, 1.82) is 0 Å². The van der Waals surface area contributed by atoms with Gasteiger partial charge in [0.2, 0.25) is 0 Å². The van der Waals surface area contributed by atoms with Gasteiger partial charge in [-0.15, -0.1) is 23.7 Å². The van der Waals surface area contributed by atoms with Crippen LogP contribution >= 0.6 is 23.7 Å². The molecule has 0 aromatic carbocycles. The summed E-state index contributed by atoms with van der Waals surface area (Å²) in [6, 6.07) is 0.850. The molecule has 0 radical (unpaired) electrons. The Bertz CT molecular complexity index is 809. The molecule has 1 amide bonds. The van der Waals surface area contributed by atoms with Gasteiger partial charge in [-0.25, -0.2) is 4.98 Å². The average Bonchev–Trinajstić information content (AvgIpc) is 3.10. The van der Waals surface area contributed by atoms with Gasteiger partial charge in [0, 0.05) is 30.6 Å². The molecule has 2 aromatic rings. The number of alkyl halides is 3. The molecule has 2 aromatic heterocycles. The Morgan fingerprint density at radius 2 is 2.15 bits per heavy atom. The van der Waals surface area contributed by atoms with E-state index in [4.69, 9.17) is 5.73 Å². The Balaban J connectivity index is 0.00000243. The van der Waals surface area contributed by atoms with E-state index in [1.165, 1.54) is 5.38 Å². The average molecular weight is 409 g/mol. The third-order valence-corrected chi connectivity index (χ3v) is 5.03. The second-order valence-electron chi connectivity index (χ2n) is 6.48. The number of halogens is 4. The molecule has 144 valence electrons. The molecule has 10 heteroatoms. The summed E-state index contributed by atoms with van der Waals surface area (Å²) in [4.78, 5) is 18.4. The first-order valence-corrected chi connectivity index (χ1v) is 8.85. The van der Waals surface area contributed by atoms with Gasteiger partial charge in [0.05, 0.1) is 21.3 Å². The normalized spacial score (nSPS) is 17.7. The van der Waals surface area contributed by atoms with Crippen molar-refractivity contribution in [2.75, 3.05) is 18.0 Å². The van der Waals surface area contributed by atoms with Crippen molar-refractivity contribution in [3.8, 4) is 0 Å². The van der Waals surface area contributed by atoms with Crippen LogP contribution in [0.5, 0.6) is 0 Å². The van der Waals surface area contributed by atoms with E-state index in [-0.39, 0.29) is 46.1 Å². The van der Waals surface area contributed by atoms with E-state index in [2.05, 4.69) is 10.3 Å². The van der Waals surface area contributed by atoms with Gasteiger partial charge in [-0.05, 0) is 26.3 Å². The summed E-state index contributed by atoms with van der Waals surface area (Å²) in [6.07, 6.45) is -3.82. The second-order valence-corrected chi connectivity index (χ2v) is 7.36. The minimum absolute atomic E-state index is 0. The van der Waals surface area contributed by atoms with E-state index in [0.29, 0.717) is 19.5 Å². The van der Waals surface area contributed by atoms with Gasteiger partial charge in [-0.3, -0.25) is 4.79 Å². The lowest BCUT2D eigenvalue weighted by Crippen LogP contribution is -2.30. The molecule has 1 aliphatic rings. The van der Waals surface area contributed by atoms with Crippen LogP contribution in [0.1, 0.15) is 36.2 Å². The van der Waals surface area contributed by atoms with Gasteiger partial charge < -0.3 is 16.0 Å². The number of aromatic nitrogens is 1. The van der Waals surface area contributed by atoms with Crippen LogP contribution in [-0.2, 0) is 6.18 Å². The summed E-state index contributed by atoms with van der Waals surface area (Å²) < 4.78 is 40.5. The number of nitrogens with zero attached hydrogens (tertiary/aromatic N) is 2. The van der Waals surface area contributed by atoms with Gasteiger partial charge >= 0.3 is 6.18 Å². The van der Waals surface area contributed by atoms with Crippen molar-refractivity contribution in [2.45, 2.75) is 38.5 Å². The SMILES string of the molecule is CC(C)NC(=O)c1csc2c(C(F)(F)F)cc(N3CCC(N)C3)nc12.Cl. The molecule has 0 saturated carbocycles. The molecule has 1 aliphatic heterocycles. The Morgan fingerprint density at radius 3 is 2.69 bits per heavy atom. The maximum atomic E-state index is 13.5. The molecule has 3 rings (SSSR count). The highest BCUT2D eigenvalue weighted by molar-refractivity contribution is 7.17. The summed E-state index contributed by atoms with van der Waals surface area (Å²) >= 11 is 0.888. The quantitative estimate of drug-likeness (QED) is 0.816. The van der Waals surface area contributed by atoms with Gasteiger partial charge in [-0.1, -0.05) is 0 Å². The fourth-order valence-electron chi connectivity index (χ4n) is 2.86. The zero-order valence-corrected chi connectivity index (χ0v) is 15.9. The number of pyridine rings is 1. The number of rotatable bonds is 3. The summed E-state index contributed by atoms with van der Waals surface area (Å²) in [6.45, 7) is 4.58. The summed E-state index contributed by atoms with van der Waals surface area (Å²) in [7, 11) is 0. The van der Waals surface area contributed by atoms with E-state index >= 15 is 0 Å². The Morgan fingerprint density at radius 1 is 1.46 bits per heavy atom. The van der Waals surface area contributed by atoms with E-state index in [0.717, 1.165) is 17.4 Å². The fraction of sp³-hybridized carbons (Fsp3) is 0.500. The van der Waals surface area contributed by atoms with Crippen molar-refractivity contribution >= 4 is 45.7 Å². The third kappa shape index (κ3) is 4.05. The van der Waals surface area contributed by atoms with Crippen LogP contribution in [0, 0.1) is 0 Å². The minimum Gasteiger partial charge on any atom is -0.355 e. The molecule has 1 saturated heterocycles. The van der Waals surface area contributed by atoms with Crippen LogP contribution in [0.15, 0.2) is 11.4 Å². The molecule has 1 atom stereocenters. The van der Waals surface area contributed by atoms with Crippen LogP contribution in [0.2, 0.25) is 0 Å². The van der Waals surface area contributed by atoms with Crippen molar-refractivity contribution in [2.24, 2.45) is 5.73 Å². The highest BCUT2D eigenvalue weighted by Crippen LogP contribution is 2.40. The fourth-order valence-corrected chi connectivity index (χ4v) is 3.89. The maximum absolute atomic E-state index is 13.5. The van der Waals surface area contributed by atoms with Crippen LogP contribution in [-0.4, -0.2) is 36.1 Å². The van der Waals surface area contributed by atoms with Crippen LogP contribution < -0.4 is 16.0 Å². The predicted molar refractivity (Wildman–Crippen MR) is 99.3 cm³/mol. The molecule has 1 unspecified atom stereocenters. The highest BCUT2D eigenvalue weighted by Gasteiger charge is 2.36. The standard InChI is InChI=1S/C16H19F3N4OS.ClH/c1-8(2)21-15(24)10-7-25-14-11(16(17,18)19)5-12(22-13(10)14)23-4-3-9(20)6-23;/h5,7-9H,3-4,6,20H2,1-2H3,(H,21,24);1H. The summed E-state index contributed by atoms with van der Waals surface area (Å²) in [5.41, 5.74) is 5.36. The molecular weight excluding hydrogens is 389 g/mol. The second kappa shape index (κ2) is 7.58. The number of carbonyl (C=O) groups is 1. The number of anilines is 1. The highest BCUT2D eigenvalue weighted by atomic mass is 35.5. The monoisotopic (exact) mass is 408 g/mol. The number of thiophene rings is 1. The number of hydrogen-bond donors (Lipinski definition) is 2. The first kappa shape index (κ1) is 20.7. The van der Waals surface area contributed by atoms with Crippen molar-refractivity contribution in [1.82, 2.24) is 10.3 Å². The number of nitrogens with two attached hydrogens (primary N) is 1. The lowest BCUT2D eigenvalue weighted by atomic mass is 10.1. The van der Waals surface area contributed by atoms with Gasteiger partial charge in [0.15, 0.2) is 0 Å². The number of hydrogen-bond acceptors (Lipinski definition) is 5. The summed E-state index contributed by atoms with van der Waals surface area (Å²) in [5.74, 6) is -0.207. The van der Waals surface area contributed by atoms with E-state index in [9.17, 15) is 18.0 Å². The first-order chi connectivity index (χ1) is 11.7. The molecule has 0 bridgehead atoms. The smallest absolute Gasteiger partial charge is 0.355 e. The molecule has 5 nitrogen and oxygen atoms in total. The van der Waals surface area contributed by atoms with Crippen molar-refractivity contribution in [3.63, 3.8) is 0 Å². The number of nitrogens with one attached hydrogen (secondary N) is 1. The lowest BCUT2D eigenvalue weighted by molar-refractivity contribution is -0.136. The molecule has 3 N–H and O–H groups in total. The van der Waals surface area contributed by atoms with Crippen molar-refractivity contribution in [3.05, 3.63) is 22.6 Å². The Hall–Kier alpha value is -1.58. The maximum Gasteiger partial charge on any atom is 0.417 e. The van der Waals surface area contributed by atoms with Gasteiger partial charge in [-0.2, -0.15) is 13.2 Å². The predicted octanol–water partition coefficient (Wildman–Crippen LogP) is 3.41. The Labute approximate surface area is 159 Å². The molecular formula is C16H20ClF3N4OS. The minimum atomic E-state index is -4.52. The van der Waals surface area contributed by atoms with Gasteiger partial charge in [0.1, 0.15) is 5.82 Å². The molecule has 0 aliphatic carbocycles. The van der Waals surface area contributed by atoms with Crippen LogP contribution in [0.3, 0.4) is 0 Å². The summed E-state index contributed by atoms with van der Waals surface area (Å²) in [5, 5.41) is 4.14. The van der Waals surface area contributed by atoms with Gasteiger partial charge in [0.25, 0.3) is 5.91 Å². The number of fused-ring (bicyclic) bond motifs is 1. The number of carbonyl (C=O) groups excluding carboxylic acids is 1. The van der Waals surface area contributed by atoms with Crippen LogP contribution in [0.25, 0.3) is 10.2 Å². The zero-order chi connectivity index (χ0) is 18.4. The largest absolute Gasteiger partial charge is 0.417 e. The zero-order valence-electron chi connectivity index (χ0n) is 14.3. The number of amides is 1. The molecule has 0 spiro atoms. The molecule has 26 heavy (non-hydrogen) atoms. The Kier molecular flexibility index (Phi) is 6.04. The van der Waals surface area contributed by atoms with E-state index < -0.39 is 17.6 Å². The third-order valence-electron chi connectivity index (χ3n) is 4.03. The lowest BCUT2D eigenvalue weighted by Gasteiger charge is -2.19. The first-order valence-electron chi connectivity index (χ1n) is 7.97. The molecule has 1 fully saturated rings. The molecule has 3 heterocycles. The van der Waals surface area contributed by atoms with E-state index in [1.807, 2.05) is 0 Å². The van der Waals surface area contributed by atoms with Crippen molar-refractivity contribution < 1.29 is 18.0 Å². The van der Waals surface area contributed by atoms with E-state index in [1.54, 1.807) is 18.7 Å².